The molecule has 4 nitrogen and oxygen atoms in total. The van der Waals surface area contributed by atoms with E-state index >= 15 is 0 Å². The molecule has 1 fully saturated rings. The second-order valence-electron chi connectivity index (χ2n) is 7.36. The molecule has 1 aliphatic rings. The van der Waals surface area contributed by atoms with Crippen molar-refractivity contribution in [1.82, 2.24) is 9.88 Å². The number of aromatic nitrogens is 1. The zero-order valence-corrected chi connectivity index (χ0v) is 15.9. The van der Waals surface area contributed by atoms with E-state index in [4.69, 9.17) is 4.74 Å². The number of nitrogens with one attached hydrogen (secondary N) is 1. The van der Waals surface area contributed by atoms with E-state index in [9.17, 15) is 9.18 Å². The van der Waals surface area contributed by atoms with E-state index in [1.54, 1.807) is 0 Å². The molecule has 0 bridgehead atoms. The molecule has 1 N–H and O–H groups in total. The molecule has 146 valence electrons. The van der Waals surface area contributed by atoms with Gasteiger partial charge in [-0.25, -0.2) is 4.39 Å². The normalized spacial score (nSPS) is 16.5. The van der Waals surface area contributed by atoms with Crippen LogP contribution in [0.4, 0.5) is 4.39 Å². The Hall–Kier alpha value is -2.66. The summed E-state index contributed by atoms with van der Waals surface area (Å²) in [7, 11) is 0. The van der Waals surface area contributed by atoms with Crippen molar-refractivity contribution >= 4 is 16.8 Å². The van der Waals surface area contributed by atoms with Crippen LogP contribution < -0.4 is 5.32 Å². The van der Waals surface area contributed by atoms with Gasteiger partial charge < -0.3 is 14.6 Å². The average molecular weight is 380 g/mol. The topological polar surface area (TPSA) is 43.3 Å². The van der Waals surface area contributed by atoms with Gasteiger partial charge in [0.25, 0.3) is 0 Å². The van der Waals surface area contributed by atoms with E-state index in [0.29, 0.717) is 25.9 Å². The zero-order valence-electron chi connectivity index (χ0n) is 15.9. The third-order valence-corrected chi connectivity index (χ3v) is 5.31. The number of fused-ring (bicyclic) bond motifs is 1. The van der Waals surface area contributed by atoms with Crippen LogP contribution in [0.15, 0.2) is 54.7 Å². The molecule has 0 aliphatic carbocycles. The molecular formula is C23H25FN2O2. The number of aryl methyl sites for hydroxylation is 1. The quantitative estimate of drug-likeness (QED) is 0.672. The van der Waals surface area contributed by atoms with Crippen LogP contribution in [-0.4, -0.2) is 29.7 Å². The summed E-state index contributed by atoms with van der Waals surface area (Å²) < 4.78 is 20.9. The number of ether oxygens (including phenoxy) is 1. The third kappa shape index (κ3) is 4.42. The lowest BCUT2D eigenvalue weighted by atomic mass is 10.1. The lowest BCUT2D eigenvalue weighted by Gasteiger charge is -2.10. The first-order valence-corrected chi connectivity index (χ1v) is 9.88. The Morgan fingerprint density at radius 3 is 2.79 bits per heavy atom. The Morgan fingerprint density at radius 2 is 2.00 bits per heavy atom. The number of hydrogen-bond donors (Lipinski definition) is 1. The predicted octanol–water partition coefficient (Wildman–Crippen LogP) is 4.06. The number of amides is 1. The highest BCUT2D eigenvalue weighted by atomic mass is 19.1. The Bertz CT molecular complexity index is 943. The van der Waals surface area contributed by atoms with Crippen LogP contribution in [0.5, 0.6) is 0 Å². The fourth-order valence-electron chi connectivity index (χ4n) is 3.81. The van der Waals surface area contributed by atoms with E-state index in [2.05, 4.69) is 28.2 Å². The average Bonchev–Trinajstić information content (AvgIpc) is 3.35. The number of halogens is 1. The molecule has 2 heterocycles. The second-order valence-corrected chi connectivity index (χ2v) is 7.36. The molecule has 0 saturated carbocycles. The summed E-state index contributed by atoms with van der Waals surface area (Å²) in [6.45, 7) is 2.07. The summed E-state index contributed by atoms with van der Waals surface area (Å²) in [5.74, 6) is -0.165. The van der Waals surface area contributed by atoms with E-state index in [-0.39, 0.29) is 17.8 Å². The van der Waals surface area contributed by atoms with Crippen LogP contribution in [0, 0.1) is 5.82 Å². The molecule has 2 aromatic carbocycles. The molecule has 1 atom stereocenters. The molecule has 1 aliphatic heterocycles. The van der Waals surface area contributed by atoms with Gasteiger partial charge in [-0.1, -0.05) is 30.3 Å². The van der Waals surface area contributed by atoms with Gasteiger partial charge in [-0.3, -0.25) is 4.79 Å². The maximum atomic E-state index is 13.2. The summed E-state index contributed by atoms with van der Waals surface area (Å²) in [6, 6.07) is 14.8. The molecule has 0 radical (unpaired) electrons. The lowest BCUT2D eigenvalue weighted by molar-refractivity contribution is -0.121. The Balaban J connectivity index is 1.43. The van der Waals surface area contributed by atoms with Crippen molar-refractivity contribution in [3.8, 4) is 0 Å². The first kappa shape index (κ1) is 18.7. The number of rotatable bonds is 7. The standard InChI is InChI=1S/C23H25FN2O2/c24-19-10-7-17(8-11-19)15-26-16-18(21-5-1-2-6-22(21)26)9-12-23(27)25-14-20-4-3-13-28-20/h1-2,5-8,10-11,16,20H,3-4,9,12-15H2,(H,25,27). The number of hydrogen-bond acceptors (Lipinski definition) is 2. The first-order chi connectivity index (χ1) is 13.7. The van der Waals surface area contributed by atoms with Crippen LogP contribution in [0.3, 0.4) is 0 Å². The molecule has 28 heavy (non-hydrogen) atoms. The molecule has 3 aromatic rings. The van der Waals surface area contributed by atoms with Gasteiger partial charge in [0, 0.05) is 43.2 Å². The van der Waals surface area contributed by atoms with Gasteiger partial charge in [-0.05, 0) is 48.6 Å². The number of nitrogens with zero attached hydrogens (tertiary/aromatic N) is 1. The molecule has 5 heteroatoms. The monoisotopic (exact) mass is 380 g/mol. The van der Waals surface area contributed by atoms with Gasteiger partial charge in [0.2, 0.25) is 5.91 Å². The number of carbonyl (C=O) groups excluding carboxylic acids is 1. The van der Waals surface area contributed by atoms with Gasteiger partial charge >= 0.3 is 0 Å². The predicted molar refractivity (Wildman–Crippen MR) is 108 cm³/mol. The summed E-state index contributed by atoms with van der Waals surface area (Å²) in [4.78, 5) is 12.2. The fourth-order valence-corrected chi connectivity index (χ4v) is 3.81. The molecular weight excluding hydrogens is 355 g/mol. The minimum absolute atomic E-state index is 0.0610. The van der Waals surface area contributed by atoms with Crippen molar-refractivity contribution in [2.75, 3.05) is 13.2 Å². The highest BCUT2D eigenvalue weighted by molar-refractivity contribution is 5.85. The van der Waals surface area contributed by atoms with Crippen LogP contribution in [-0.2, 0) is 22.5 Å². The van der Waals surface area contributed by atoms with Crippen molar-refractivity contribution < 1.29 is 13.9 Å². The fraction of sp³-hybridized carbons (Fsp3) is 0.348. The minimum Gasteiger partial charge on any atom is -0.376 e. The highest BCUT2D eigenvalue weighted by Crippen LogP contribution is 2.23. The van der Waals surface area contributed by atoms with E-state index in [1.165, 1.54) is 12.1 Å². The second kappa shape index (κ2) is 8.57. The van der Waals surface area contributed by atoms with Crippen molar-refractivity contribution in [1.29, 1.82) is 0 Å². The maximum absolute atomic E-state index is 13.2. The molecule has 1 unspecified atom stereocenters. The minimum atomic E-state index is -0.226. The number of benzene rings is 2. The third-order valence-electron chi connectivity index (χ3n) is 5.31. The molecule has 1 amide bonds. The van der Waals surface area contributed by atoms with Crippen molar-refractivity contribution in [3.63, 3.8) is 0 Å². The smallest absolute Gasteiger partial charge is 0.220 e. The van der Waals surface area contributed by atoms with Gasteiger partial charge in [-0.15, -0.1) is 0 Å². The Labute approximate surface area is 164 Å². The van der Waals surface area contributed by atoms with Crippen LogP contribution in [0.25, 0.3) is 10.9 Å². The summed E-state index contributed by atoms with van der Waals surface area (Å²) in [6.07, 6.45) is 5.53. The Morgan fingerprint density at radius 1 is 1.18 bits per heavy atom. The van der Waals surface area contributed by atoms with E-state index in [0.717, 1.165) is 41.5 Å². The van der Waals surface area contributed by atoms with Crippen LogP contribution in [0.1, 0.15) is 30.4 Å². The van der Waals surface area contributed by atoms with Crippen molar-refractivity contribution in [3.05, 3.63) is 71.7 Å². The van der Waals surface area contributed by atoms with Gasteiger partial charge in [0.15, 0.2) is 0 Å². The molecule has 1 aromatic heterocycles. The summed E-state index contributed by atoms with van der Waals surface area (Å²) in [5.41, 5.74) is 3.33. The van der Waals surface area contributed by atoms with Crippen LogP contribution >= 0.6 is 0 Å². The van der Waals surface area contributed by atoms with Crippen molar-refractivity contribution in [2.45, 2.75) is 38.3 Å². The molecule has 0 spiro atoms. The number of carbonyl (C=O) groups is 1. The SMILES string of the molecule is O=C(CCc1cn(Cc2ccc(F)cc2)c2ccccc12)NCC1CCCO1. The van der Waals surface area contributed by atoms with Crippen molar-refractivity contribution in [2.24, 2.45) is 0 Å². The number of para-hydroxylation sites is 1. The lowest BCUT2D eigenvalue weighted by Crippen LogP contribution is -2.31. The summed E-state index contributed by atoms with van der Waals surface area (Å²) in [5, 5.41) is 4.15. The van der Waals surface area contributed by atoms with Crippen LogP contribution in [0.2, 0.25) is 0 Å². The van der Waals surface area contributed by atoms with Gasteiger partial charge in [0.05, 0.1) is 6.10 Å². The zero-order chi connectivity index (χ0) is 19.3. The largest absolute Gasteiger partial charge is 0.376 e. The Kier molecular flexibility index (Phi) is 5.72. The highest BCUT2D eigenvalue weighted by Gasteiger charge is 2.16. The summed E-state index contributed by atoms with van der Waals surface area (Å²) >= 11 is 0. The van der Waals surface area contributed by atoms with Gasteiger partial charge in [0.1, 0.15) is 5.82 Å². The van der Waals surface area contributed by atoms with E-state index < -0.39 is 0 Å². The first-order valence-electron chi connectivity index (χ1n) is 9.88. The molecule has 1 saturated heterocycles. The van der Waals surface area contributed by atoms with Gasteiger partial charge in [-0.2, -0.15) is 0 Å². The maximum Gasteiger partial charge on any atom is 0.220 e. The molecule has 4 rings (SSSR count). The van der Waals surface area contributed by atoms with E-state index in [1.807, 2.05) is 24.3 Å².